The molecule has 1 atom stereocenters. The molecule has 2 rings (SSSR count). The maximum atomic E-state index is 12.3. The Morgan fingerprint density at radius 2 is 2.00 bits per heavy atom. The number of nitrogens with two attached hydrogens (primary N) is 1. The summed E-state index contributed by atoms with van der Waals surface area (Å²) >= 11 is 0. The minimum atomic E-state index is -3.38. The van der Waals surface area contributed by atoms with Crippen molar-refractivity contribution >= 4 is 22.4 Å². The van der Waals surface area contributed by atoms with Gasteiger partial charge in [-0.1, -0.05) is 0 Å². The third kappa shape index (κ3) is 3.39. The lowest BCUT2D eigenvalue weighted by Crippen LogP contribution is -2.29. The zero-order chi connectivity index (χ0) is 13.2. The average molecular weight is 307 g/mol. The van der Waals surface area contributed by atoms with Gasteiger partial charge in [0.05, 0.1) is 12.0 Å². The van der Waals surface area contributed by atoms with Gasteiger partial charge >= 0.3 is 0 Å². The van der Waals surface area contributed by atoms with E-state index in [1.54, 1.807) is 31.4 Å². The van der Waals surface area contributed by atoms with Crippen LogP contribution in [0, 0.1) is 5.92 Å². The molecular formula is C12H19ClN2O3S. The Morgan fingerprint density at radius 1 is 1.37 bits per heavy atom. The van der Waals surface area contributed by atoms with Crippen molar-refractivity contribution in [3.63, 3.8) is 0 Å². The van der Waals surface area contributed by atoms with Crippen LogP contribution < -0.4 is 10.5 Å². The predicted molar refractivity (Wildman–Crippen MR) is 76.2 cm³/mol. The quantitative estimate of drug-likeness (QED) is 0.903. The summed E-state index contributed by atoms with van der Waals surface area (Å²) in [6, 6.07) is 6.46. The standard InChI is InChI=1S/C12H18N2O3S.ClH/c1-17-11-2-4-12(5-3-11)18(15,16)14-7-6-10(8-13)9-14;/h2-5,10H,6-9,13H2,1H3;1H. The van der Waals surface area contributed by atoms with Crippen LogP contribution in [0.1, 0.15) is 6.42 Å². The summed E-state index contributed by atoms with van der Waals surface area (Å²) in [6.07, 6.45) is 0.839. The van der Waals surface area contributed by atoms with Crippen molar-refractivity contribution in [2.24, 2.45) is 11.7 Å². The van der Waals surface area contributed by atoms with Gasteiger partial charge < -0.3 is 10.5 Å². The van der Waals surface area contributed by atoms with Crippen LogP contribution >= 0.6 is 12.4 Å². The fourth-order valence-corrected chi connectivity index (χ4v) is 3.64. The van der Waals surface area contributed by atoms with E-state index in [0.29, 0.717) is 30.3 Å². The molecule has 1 aliphatic rings. The average Bonchev–Trinajstić information content (AvgIpc) is 2.88. The van der Waals surface area contributed by atoms with Gasteiger partial charge in [0.15, 0.2) is 0 Å². The van der Waals surface area contributed by atoms with Crippen LogP contribution in [0.3, 0.4) is 0 Å². The van der Waals surface area contributed by atoms with E-state index in [2.05, 4.69) is 0 Å². The first-order valence-corrected chi connectivity index (χ1v) is 7.36. The third-order valence-corrected chi connectivity index (χ3v) is 5.16. The first-order chi connectivity index (χ1) is 8.57. The van der Waals surface area contributed by atoms with Gasteiger partial charge in [0, 0.05) is 13.1 Å². The van der Waals surface area contributed by atoms with Crippen LogP contribution in [-0.4, -0.2) is 39.5 Å². The van der Waals surface area contributed by atoms with Gasteiger partial charge in [-0.2, -0.15) is 4.31 Å². The van der Waals surface area contributed by atoms with Gasteiger partial charge in [0.2, 0.25) is 10.0 Å². The van der Waals surface area contributed by atoms with E-state index < -0.39 is 10.0 Å². The zero-order valence-corrected chi connectivity index (χ0v) is 12.4. The second-order valence-corrected chi connectivity index (χ2v) is 6.37. The molecule has 1 aliphatic heterocycles. The van der Waals surface area contributed by atoms with Crippen molar-refractivity contribution < 1.29 is 13.2 Å². The summed E-state index contributed by atoms with van der Waals surface area (Å²) in [6.45, 7) is 1.61. The van der Waals surface area contributed by atoms with Crippen LogP contribution in [0.4, 0.5) is 0 Å². The number of ether oxygens (including phenoxy) is 1. The highest BCUT2D eigenvalue weighted by molar-refractivity contribution is 7.89. The molecule has 1 unspecified atom stereocenters. The molecule has 7 heteroatoms. The number of halogens is 1. The van der Waals surface area contributed by atoms with E-state index in [0.717, 1.165) is 6.42 Å². The van der Waals surface area contributed by atoms with E-state index in [1.165, 1.54) is 4.31 Å². The van der Waals surface area contributed by atoms with Crippen molar-refractivity contribution in [2.45, 2.75) is 11.3 Å². The Kier molecular flexibility index (Phi) is 5.61. The van der Waals surface area contributed by atoms with Gasteiger partial charge in [-0.25, -0.2) is 8.42 Å². The van der Waals surface area contributed by atoms with Crippen LogP contribution in [0.15, 0.2) is 29.2 Å². The fourth-order valence-electron chi connectivity index (χ4n) is 2.10. The molecule has 0 saturated carbocycles. The van der Waals surface area contributed by atoms with Crippen LogP contribution in [0.5, 0.6) is 5.75 Å². The summed E-state index contributed by atoms with van der Waals surface area (Å²) in [5.41, 5.74) is 5.58. The van der Waals surface area contributed by atoms with Gasteiger partial charge in [0.25, 0.3) is 0 Å². The number of nitrogens with zero attached hydrogens (tertiary/aromatic N) is 1. The zero-order valence-electron chi connectivity index (χ0n) is 10.8. The molecule has 0 amide bonds. The molecule has 1 aromatic rings. The molecule has 108 valence electrons. The molecular weight excluding hydrogens is 288 g/mol. The topological polar surface area (TPSA) is 72.6 Å². The molecule has 5 nitrogen and oxygen atoms in total. The molecule has 2 N–H and O–H groups in total. The molecule has 0 spiro atoms. The lowest BCUT2D eigenvalue weighted by atomic mass is 10.1. The van der Waals surface area contributed by atoms with E-state index in [9.17, 15) is 8.42 Å². The molecule has 1 saturated heterocycles. The Balaban J connectivity index is 0.00000180. The highest BCUT2D eigenvalue weighted by atomic mass is 35.5. The molecule has 0 radical (unpaired) electrons. The SMILES string of the molecule is COc1ccc(S(=O)(=O)N2CCC(CN)C2)cc1.Cl. The molecule has 1 heterocycles. The Bertz CT molecular complexity index is 504. The van der Waals surface area contributed by atoms with Crippen molar-refractivity contribution in [1.82, 2.24) is 4.31 Å². The number of methoxy groups -OCH3 is 1. The van der Waals surface area contributed by atoms with Gasteiger partial charge in [-0.3, -0.25) is 0 Å². The van der Waals surface area contributed by atoms with Gasteiger partial charge in [-0.15, -0.1) is 12.4 Å². The first kappa shape index (κ1) is 16.2. The van der Waals surface area contributed by atoms with E-state index >= 15 is 0 Å². The lowest BCUT2D eigenvalue weighted by molar-refractivity contribution is 0.414. The predicted octanol–water partition coefficient (Wildman–Crippen LogP) is 1.09. The van der Waals surface area contributed by atoms with Gasteiger partial charge in [0.1, 0.15) is 5.75 Å². The van der Waals surface area contributed by atoms with Crippen LogP contribution in [0.2, 0.25) is 0 Å². The second-order valence-electron chi connectivity index (χ2n) is 4.43. The number of sulfonamides is 1. The summed E-state index contributed by atoms with van der Waals surface area (Å²) in [4.78, 5) is 0.306. The third-order valence-electron chi connectivity index (χ3n) is 3.28. The largest absolute Gasteiger partial charge is 0.497 e. The Morgan fingerprint density at radius 3 is 2.47 bits per heavy atom. The monoisotopic (exact) mass is 306 g/mol. The van der Waals surface area contributed by atoms with Gasteiger partial charge in [-0.05, 0) is 43.1 Å². The van der Waals surface area contributed by atoms with Crippen molar-refractivity contribution in [3.8, 4) is 5.75 Å². The lowest BCUT2D eigenvalue weighted by Gasteiger charge is -2.16. The second kappa shape index (κ2) is 6.56. The number of hydrogen-bond acceptors (Lipinski definition) is 4. The first-order valence-electron chi connectivity index (χ1n) is 5.92. The van der Waals surface area contributed by atoms with Crippen molar-refractivity contribution in [3.05, 3.63) is 24.3 Å². The summed E-state index contributed by atoms with van der Waals surface area (Å²) in [7, 11) is -1.83. The van der Waals surface area contributed by atoms with Crippen LogP contribution in [-0.2, 0) is 10.0 Å². The normalized spacial score (nSPS) is 20.0. The maximum Gasteiger partial charge on any atom is 0.243 e. The summed E-state index contributed by atoms with van der Waals surface area (Å²) in [5.74, 6) is 0.924. The number of rotatable bonds is 4. The Labute approximate surface area is 120 Å². The highest BCUT2D eigenvalue weighted by Gasteiger charge is 2.31. The van der Waals surface area contributed by atoms with E-state index in [-0.39, 0.29) is 18.3 Å². The Hall–Kier alpha value is -0.820. The number of benzene rings is 1. The van der Waals surface area contributed by atoms with Crippen molar-refractivity contribution in [1.29, 1.82) is 0 Å². The number of hydrogen-bond donors (Lipinski definition) is 1. The molecule has 19 heavy (non-hydrogen) atoms. The summed E-state index contributed by atoms with van der Waals surface area (Å²) < 4.78 is 31.2. The fraction of sp³-hybridized carbons (Fsp3) is 0.500. The molecule has 1 aromatic carbocycles. The highest BCUT2D eigenvalue weighted by Crippen LogP contribution is 2.24. The molecule has 0 aliphatic carbocycles. The minimum absolute atomic E-state index is 0. The smallest absolute Gasteiger partial charge is 0.243 e. The van der Waals surface area contributed by atoms with Crippen LogP contribution in [0.25, 0.3) is 0 Å². The minimum Gasteiger partial charge on any atom is -0.497 e. The molecule has 0 aromatic heterocycles. The van der Waals surface area contributed by atoms with E-state index in [1.807, 2.05) is 0 Å². The molecule has 0 bridgehead atoms. The summed E-state index contributed by atoms with van der Waals surface area (Å²) in [5, 5.41) is 0. The maximum absolute atomic E-state index is 12.3. The van der Waals surface area contributed by atoms with Crippen molar-refractivity contribution in [2.75, 3.05) is 26.7 Å². The van der Waals surface area contributed by atoms with E-state index in [4.69, 9.17) is 10.5 Å². The molecule has 1 fully saturated rings.